The first kappa shape index (κ1) is 18.0. The highest BCUT2D eigenvalue weighted by Gasteiger charge is 2.25. The SMILES string of the molecule is CCc1ccccc1NC(=S)N1CCCC(c2nc3ccc(C)cc3[nH]2)C1. The number of aromatic amines is 1. The van der Waals surface area contributed by atoms with Crippen molar-refractivity contribution in [2.45, 2.75) is 39.0 Å². The van der Waals surface area contributed by atoms with Crippen molar-refractivity contribution in [3.05, 3.63) is 59.4 Å². The highest BCUT2D eigenvalue weighted by Crippen LogP contribution is 2.28. The number of aromatic nitrogens is 2. The number of aryl methyl sites for hydroxylation is 2. The Labute approximate surface area is 166 Å². The number of thiocarbonyl (C=S) groups is 1. The van der Waals surface area contributed by atoms with Crippen molar-refractivity contribution in [2.75, 3.05) is 18.4 Å². The van der Waals surface area contributed by atoms with Gasteiger partial charge in [-0.2, -0.15) is 0 Å². The number of hydrogen-bond donors (Lipinski definition) is 2. The first-order chi connectivity index (χ1) is 13.1. The summed E-state index contributed by atoms with van der Waals surface area (Å²) in [5.41, 5.74) is 5.83. The normalized spacial score (nSPS) is 17.3. The minimum Gasteiger partial charge on any atom is -0.348 e. The third kappa shape index (κ3) is 3.83. The van der Waals surface area contributed by atoms with Gasteiger partial charge in [0.1, 0.15) is 5.82 Å². The molecule has 27 heavy (non-hydrogen) atoms. The molecule has 1 saturated heterocycles. The smallest absolute Gasteiger partial charge is 0.173 e. The van der Waals surface area contributed by atoms with Crippen LogP contribution in [-0.2, 0) is 6.42 Å². The van der Waals surface area contributed by atoms with E-state index < -0.39 is 0 Å². The zero-order valence-electron chi connectivity index (χ0n) is 16.0. The fourth-order valence-corrected chi connectivity index (χ4v) is 4.14. The maximum absolute atomic E-state index is 5.73. The van der Waals surface area contributed by atoms with Crippen LogP contribution in [0.2, 0.25) is 0 Å². The predicted octanol–water partition coefficient (Wildman–Crippen LogP) is 5.01. The van der Waals surface area contributed by atoms with Gasteiger partial charge in [-0.25, -0.2) is 4.98 Å². The molecule has 140 valence electrons. The zero-order chi connectivity index (χ0) is 18.8. The number of nitrogens with zero attached hydrogens (tertiary/aromatic N) is 2. The third-order valence-electron chi connectivity index (χ3n) is 5.39. The average Bonchev–Trinajstić information content (AvgIpc) is 3.11. The number of para-hydroxylation sites is 1. The van der Waals surface area contributed by atoms with Crippen molar-refractivity contribution in [3.8, 4) is 0 Å². The number of anilines is 1. The summed E-state index contributed by atoms with van der Waals surface area (Å²) in [6.07, 6.45) is 3.26. The molecular formula is C22H26N4S. The summed E-state index contributed by atoms with van der Waals surface area (Å²) in [6.45, 7) is 6.18. The van der Waals surface area contributed by atoms with Gasteiger partial charge in [-0.15, -0.1) is 0 Å². The molecule has 2 heterocycles. The van der Waals surface area contributed by atoms with E-state index >= 15 is 0 Å². The van der Waals surface area contributed by atoms with Crippen molar-refractivity contribution in [2.24, 2.45) is 0 Å². The topological polar surface area (TPSA) is 44.0 Å². The number of piperidine rings is 1. The van der Waals surface area contributed by atoms with Crippen LogP contribution >= 0.6 is 12.2 Å². The fourth-order valence-electron chi connectivity index (χ4n) is 3.87. The Morgan fingerprint density at radius 3 is 3.00 bits per heavy atom. The first-order valence-corrected chi connectivity index (χ1v) is 10.1. The number of hydrogen-bond acceptors (Lipinski definition) is 2. The molecular weight excluding hydrogens is 352 g/mol. The minimum absolute atomic E-state index is 0.382. The highest BCUT2D eigenvalue weighted by atomic mass is 32.1. The molecule has 0 saturated carbocycles. The van der Waals surface area contributed by atoms with Gasteiger partial charge in [0.2, 0.25) is 0 Å². The molecule has 2 aromatic carbocycles. The number of rotatable bonds is 3. The molecule has 5 heteroatoms. The van der Waals surface area contributed by atoms with E-state index in [0.29, 0.717) is 5.92 Å². The number of nitrogens with one attached hydrogen (secondary N) is 2. The second-order valence-corrected chi connectivity index (χ2v) is 7.76. The molecule has 1 aliphatic rings. The van der Waals surface area contributed by atoms with Gasteiger partial charge in [0, 0.05) is 24.7 Å². The molecule has 1 atom stereocenters. The van der Waals surface area contributed by atoms with E-state index in [4.69, 9.17) is 17.2 Å². The number of imidazole rings is 1. The van der Waals surface area contributed by atoms with Crippen LogP contribution in [0.5, 0.6) is 0 Å². The van der Waals surface area contributed by atoms with Crippen molar-refractivity contribution in [1.29, 1.82) is 0 Å². The lowest BCUT2D eigenvalue weighted by Crippen LogP contribution is -2.41. The number of likely N-dealkylation sites (tertiary alicyclic amines) is 1. The Hall–Kier alpha value is -2.40. The van der Waals surface area contributed by atoms with E-state index in [1.54, 1.807) is 0 Å². The highest BCUT2D eigenvalue weighted by molar-refractivity contribution is 7.80. The summed E-state index contributed by atoms with van der Waals surface area (Å²) in [5.74, 6) is 1.46. The van der Waals surface area contributed by atoms with Gasteiger partial charge >= 0.3 is 0 Å². The van der Waals surface area contributed by atoms with Gasteiger partial charge in [0.25, 0.3) is 0 Å². The molecule has 0 amide bonds. The van der Waals surface area contributed by atoms with Crippen LogP contribution in [0, 0.1) is 6.92 Å². The summed E-state index contributed by atoms with van der Waals surface area (Å²) >= 11 is 5.73. The van der Waals surface area contributed by atoms with Crippen molar-refractivity contribution < 1.29 is 0 Å². The maximum Gasteiger partial charge on any atom is 0.173 e. The van der Waals surface area contributed by atoms with Crippen molar-refractivity contribution in [3.63, 3.8) is 0 Å². The lowest BCUT2D eigenvalue weighted by Gasteiger charge is -2.34. The van der Waals surface area contributed by atoms with Gasteiger partial charge < -0.3 is 15.2 Å². The first-order valence-electron chi connectivity index (χ1n) is 9.74. The second kappa shape index (κ2) is 7.69. The number of H-pyrrole nitrogens is 1. The van der Waals surface area contributed by atoms with Crippen LogP contribution in [0.25, 0.3) is 11.0 Å². The van der Waals surface area contributed by atoms with Gasteiger partial charge in [-0.05, 0) is 67.7 Å². The van der Waals surface area contributed by atoms with E-state index in [9.17, 15) is 0 Å². The number of benzene rings is 2. The van der Waals surface area contributed by atoms with Gasteiger partial charge in [-0.3, -0.25) is 0 Å². The molecule has 1 unspecified atom stereocenters. The van der Waals surface area contributed by atoms with Gasteiger partial charge in [0.05, 0.1) is 11.0 Å². The lowest BCUT2D eigenvalue weighted by molar-refractivity contribution is 0.307. The van der Waals surface area contributed by atoms with Crippen LogP contribution in [0.4, 0.5) is 5.69 Å². The third-order valence-corrected chi connectivity index (χ3v) is 5.75. The summed E-state index contributed by atoms with van der Waals surface area (Å²) < 4.78 is 0. The molecule has 0 bridgehead atoms. The predicted molar refractivity (Wildman–Crippen MR) is 116 cm³/mol. The Morgan fingerprint density at radius 1 is 1.30 bits per heavy atom. The van der Waals surface area contributed by atoms with Crippen LogP contribution in [-0.4, -0.2) is 33.1 Å². The molecule has 4 rings (SSSR count). The van der Waals surface area contributed by atoms with Gasteiger partial charge in [-0.1, -0.05) is 31.2 Å². The molecule has 0 radical (unpaired) electrons. The quantitative estimate of drug-likeness (QED) is 0.629. The van der Waals surface area contributed by atoms with Crippen LogP contribution in [0.3, 0.4) is 0 Å². The van der Waals surface area contributed by atoms with Crippen molar-refractivity contribution >= 4 is 34.1 Å². The molecule has 2 N–H and O–H groups in total. The van der Waals surface area contributed by atoms with E-state index in [-0.39, 0.29) is 0 Å². The van der Waals surface area contributed by atoms with Gasteiger partial charge in [0.15, 0.2) is 5.11 Å². The fraction of sp³-hybridized carbons (Fsp3) is 0.364. The Kier molecular flexibility index (Phi) is 5.12. The van der Waals surface area contributed by atoms with Crippen molar-refractivity contribution in [1.82, 2.24) is 14.9 Å². The largest absolute Gasteiger partial charge is 0.348 e. The Bertz CT molecular complexity index is 962. The van der Waals surface area contributed by atoms with E-state index in [0.717, 1.165) is 60.0 Å². The van der Waals surface area contributed by atoms with E-state index in [1.165, 1.54) is 11.1 Å². The van der Waals surface area contributed by atoms with Crippen LogP contribution < -0.4 is 5.32 Å². The standard InChI is InChI=1S/C22H26N4S/c1-3-16-7-4-5-9-18(16)25-22(27)26-12-6-8-17(14-26)21-23-19-11-10-15(2)13-20(19)24-21/h4-5,7,9-11,13,17H,3,6,8,12,14H2,1-2H3,(H,23,24)(H,25,27). The zero-order valence-corrected chi connectivity index (χ0v) is 16.8. The average molecular weight is 379 g/mol. The maximum atomic E-state index is 5.73. The molecule has 1 aromatic heterocycles. The number of fused-ring (bicyclic) bond motifs is 1. The minimum atomic E-state index is 0.382. The molecule has 1 aliphatic heterocycles. The van der Waals surface area contributed by atoms with E-state index in [1.807, 2.05) is 0 Å². The summed E-state index contributed by atoms with van der Waals surface area (Å²) in [6, 6.07) is 14.8. The monoisotopic (exact) mass is 378 g/mol. The summed E-state index contributed by atoms with van der Waals surface area (Å²) in [4.78, 5) is 10.7. The van der Waals surface area contributed by atoms with E-state index in [2.05, 4.69) is 71.5 Å². The summed E-state index contributed by atoms with van der Waals surface area (Å²) in [7, 11) is 0. The second-order valence-electron chi connectivity index (χ2n) is 7.37. The molecule has 1 fully saturated rings. The van der Waals surface area contributed by atoms with Crippen LogP contribution in [0.1, 0.15) is 42.6 Å². The lowest BCUT2D eigenvalue weighted by atomic mass is 9.98. The molecule has 3 aromatic rings. The molecule has 0 aliphatic carbocycles. The molecule has 4 nitrogen and oxygen atoms in total. The molecule has 0 spiro atoms. The Balaban J connectivity index is 1.49. The Morgan fingerprint density at radius 2 is 2.15 bits per heavy atom. The summed E-state index contributed by atoms with van der Waals surface area (Å²) in [5, 5.41) is 4.28. The van der Waals surface area contributed by atoms with Crippen LogP contribution in [0.15, 0.2) is 42.5 Å².